The number of morpholine rings is 1. The van der Waals surface area contributed by atoms with E-state index in [0.29, 0.717) is 31.1 Å². The van der Waals surface area contributed by atoms with E-state index in [1.54, 1.807) is 14.2 Å². The summed E-state index contributed by atoms with van der Waals surface area (Å²) in [5.41, 5.74) is 3.33. The van der Waals surface area contributed by atoms with Crippen molar-refractivity contribution in [2.75, 3.05) is 33.9 Å². The molecule has 1 heterocycles. The minimum absolute atomic E-state index is 0. The molecule has 158 valence electrons. The Bertz CT molecular complexity index is 809. The number of methoxy groups -OCH3 is 2. The van der Waals surface area contributed by atoms with Gasteiger partial charge in [-0.05, 0) is 42.2 Å². The second kappa shape index (κ2) is 11.0. The minimum Gasteiger partial charge on any atom is -0.493 e. The summed E-state index contributed by atoms with van der Waals surface area (Å²) in [5.74, 6) is 1.19. The highest BCUT2D eigenvalue weighted by Crippen LogP contribution is 2.31. The molecule has 1 fully saturated rings. The molecule has 1 aliphatic heterocycles. The lowest BCUT2D eigenvalue weighted by atomic mass is 9.95. The summed E-state index contributed by atoms with van der Waals surface area (Å²) < 4.78 is 16.4. The first kappa shape index (κ1) is 23.0. The summed E-state index contributed by atoms with van der Waals surface area (Å²) in [4.78, 5) is 12.8. The predicted octanol–water partition coefficient (Wildman–Crippen LogP) is 2.82. The molecule has 7 heteroatoms. The third-order valence-electron chi connectivity index (χ3n) is 5.03. The van der Waals surface area contributed by atoms with Crippen LogP contribution >= 0.6 is 12.4 Å². The van der Waals surface area contributed by atoms with Gasteiger partial charge in [-0.15, -0.1) is 12.4 Å². The minimum atomic E-state index is -0.478. The van der Waals surface area contributed by atoms with Gasteiger partial charge in [-0.25, -0.2) is 0 Å². The van der Waals surface area contributed by atoms with E-state index in [9.17, 15) is 4.79 Å². The van der Waals surface area contributed by atoms with Crippen LogP contribution < -0.4 is 20.1 Å². The number of carbonyl (C=O) groups excluding carboxylic acids is 1. The van der Waals surface area contributed by atoms with Gasteiger partial charge in [0.1, 0.15) is 6.10 Å². The Morgan fingerprint density at radius 1 is 1.21 bits per heavy atom. The van der Waals surface area contributed by atoms with E-state index in [1.165, 1.54) is 11.1 Å². The van der Waals surface area contributed by atoms with Crippen LogP contribution in [0.3, 0.4) is 0 Å². The van der Waals surface area contributed by atoms with Gasteiger partial charge in [-0.2, -0.15) is 0 Å². The topological polar surface area (TPSA) is 68.8 Å². The molecule has 29 heavy (non-hydrogen) atoms. The molecular weight excluding hydrogens is 392 g/mol. The van der Waals surface area contributed by atoms with Gasteiger partial charge in [0, 0.05) is 13.1 Å². The molecule has 2 aromatic carbocycles. The Morgan fingerprint density at radius 2 is 1.97 bits per heavy atom. The van der Waals surface area contributed by atoms with Gasteiger partial charge in [0.15, 0.2) is 11.5 Å². The van der Waals surface area contributed by atoms with Crippen molar-refractivity contribution in [1.82, 2.24) is 10.6 Å². The number of carbonyl (C=O) groups is 1. The quantitative estimate of drug-likeness (QED) is 0.720. The Balaban J connectivity index is 0.00000300. The van der Waals surface area contributed by atoms with E-state index in [4.69, 9.17) is 14.2 Å². The molecule has 2 unspecified atom stereocenters. The van der Waals surface area contributed by atoms with Crippen molar-refractivity contribution in [2.45, 2.75) is 25.5 Å². The standard InChI is InChI=1S/C22H28N2O4.ClH/c1-15-6-4-5-7-16(15)12-18(24-22(25)21-14-23-10-11-28-21)17-8-9-19(26-2)20(13-17)27-3;/h4-9,13,18,21,23H,10-12,14H2,1-3H3,(H,24,25);1H. The maximum atomic E-state index is 12.8. The van der Waals surface area contributed by atoms with Crippen molar-refractivity contribution in [3.05, 3.63) is 59.2 Å². The van der Waals surface area contributed by atoms with E-state index in [-0.39, 0.29) is 24.4 Å². The van der Waals surface area contributed by atoms with Crippen LogP contribution in [-0.2, 0) is 16.0 Å². The molecule has 3 rings (SSSR count). The summed E-state index contributed by atoms with van der Waals surface area (Å²) in [6.45, 7) is 3.91. The number of amides is 1. The second-order valence-electron chi connectivity index (χ2n) is 6.87. The Kier molecular flexibility index (Phi) is 8.76. The molecule has 1 saturated heterocycles. The molecule has 2 aromatic rings. The monoisotopic (exact) mass is 420 g/mol. The first-order valence-electron chi connectivity index (χ1n) is 9.51. The molecule has 1 amide bonds. The normalized spacial score (nSPS) is 17.0. The molecule has 0 aliphatic carbocycles. The molecule has 0 radical (unpaired) electrons. The number of hydrogen-bond donors (Lipinski definition) is 2. The fraction of sp³-hybridized carbons (Fsp3) is 0.409. The van der Waals surface area contributed by atoms with Gasteiger partial charge in [-0.1, -0.05) is 30.3 Å². The molecule has 0 aromatic heterocycles. The van der Waals surface area contributed by atoms with Crippen LogP contribution in [0, 0.1) is 6.92 Å². The first-order chi connectivity index (χ1) is 13.6. The highest BCUT2D eigenvalue weighted by atomic mass is 35.5. The average Bonchev–Trinajstić information content (AvgIpc) is 2.74. The zero-order chi connectivity index (χ0) is 19.9. The zero-order valence-corrected chi connectivity index (χ0v) is 17.9. The Labute approximate surface area is 178 Å². The molecule has 2 N–H and O–H groups in total. The van der Waals surface area contributed by atoms with E-state index in [2.05, 4.69) is 29.7 Å². The van der Waals surface area contributed by atoms with E-state index >= 15 is 0 Å². The van der Waals surface area contributed by atoms with E-state index < -0.39 is 6.10 Å². The number of nitrogens with one attached hydrogen (secondary N) is 2. The first-order valence-corrected chi connectivity index (χ1v) is 9.51. The van der Waals surface area contributed by atoms with Gasteiger partial charge in [-0.3, -0.25) is 4.79 Å². The van der Waals surface area contributed by atoms with Crippen molar-refractivity contribution in [2.24, 2.45) is 0 Å². The number of ether oxygens (including phenoxy) is 3. The molecular formula is C22H29ClN2O4. The second-order valence-corrected chi connectivity index (χ2v) is 6.87. The van der Waals surface area contributed by atoms with Crippen molar-refractivity contribution in [3.8, 4) is 11.5 Å². The molecule has 0 bridgehead atoms. The fourth-order valence-corrected chi connectivity index (χ4v) is 3.38. The lowest BCUT2D eigenvalue weighted by Crippen LogP contribution is -2.48. The van der Waals surface area contributed by atoms with Crippen LogP contribution in [0.25, 0.3) is 0 Å². The van der Waals surface area contributed by atoms with Crippen LogP contribution in [-0.4, -0.2) is 45.9 Å². The number of aryl methyl sites for hydroxylation is 1. The molecule has 2 atom stereocenters. The lowest BCUT2D eigenvalue weighted by Gasteiger charge is -2.27. The zero-order valence-electron chi connectivity index (χ0n) is 17.1. The maximum absolute atomic E-state index is 12.8. The molecule has 0 spiro atoms. The molecule has 0 saturated carbocycles. The van der Waals surface area contributed by atoms with Crippen molar-refractivity contribution < 1.29 is 19.0 Å². The largest absolute Gasteiger partial charge is 0.493 e. The smallest absolute Gasteiger partial charge is 0.250 e. The van der Waals surface area contributed by atoms with Crippen LogP contribution in [0.5, 0.6) is 11.5 Å². The number of hydrogen-bond acceptors (Lipinski definition) is 5. The van der Waals surface area contributed by atoms with E-state index in [0.717, 1.165) is 12.1 Å². The SMILES string of the molecule is COc1ccc(C(Cc2ccccc2C)NC(=O)C2CNCCO2)cc1OC.Cl. The van der Waals surface area contributed by atoms with Gasteiger partial charge in [0.25, 0.3) is 5.91 Å². The fourth-order valence-electron chi connectivity index (χ4n) is 3.38. The van der Waals surface area contributed by atoms with Crippen LogP contribution in [0.1, 0.15) is 22.7 Å². The molecule has 6 nitrogen and oxygen atoms in total. The summed E-state index contributed by atoms with van der Waals surface area (Å²) in [5, 5.41) is 6.37. The van der Waals surface area contributed by atoms with Gasteiger partial charge >= 0.3 is 0 Å². The lowest BCUT2D eigenvalue weighted by molar-refractivity contribution is -0.135. The third kappa shape index (κ3) is 5.85. The van der Waals surface area contributed by atoms with Gasteiger partial charge in [0.2, 0.25) is 0 Å². The Hall–Kier alpha value is -2.28. The Morgan fingerprint density at radius 3 is 2.62 bits per heavy atom. The number of rotatable bonds is 7. The predicted molar refractivity (Wildman–Crippen MR) is 115 cm³/mol. The number of benzene rings is 2. The van der Waals surface area contributed by atoms with Crippen LogP contribution in [0.15, 0.2) is 42.5 Å². The van der Waals surface area contributed by atoms with Crippen LogP contribution in [0.2, 0.25) is 0 Å². The summed E-state index contributed by atoms with van der Waals surface area (Å²) in [7, 11) is 3.22. The van der Waals surface area contributed by atoms with Crippen molar-refractivity contribution >= 4 is 18.3 Å². The number of halogens is 1. The average molecular weight is 421 g/mol. The highest BCUT2D eigenvalue weighted by Gasteiger charge is 2.25. The van der Waals surface area contributed by atoms with Crippen LogP contribution in [0.4, 0.5) is 0 Å². The summed E-state index contributed by atoms with van der Waals surface area (Å²) in [6.07, 6.45) is 0.196. The summed E-state index contributed by atoms with van der Waals surface area (Å²) >= 11 is 0. The van der Waals surface area contributed by atoms with Gasteiger partial charge in [0.05, 0.1) is 26.9 Å². The third-order valence-corrected chi connectivity index (χ3v) is 5.03. The van der Waals surface area contributed by atoms with Crippen molar-refractivity contribution in [3.63, 3.8) is 0 Å². The highest BCUT2D eigenvalue weighted by molar-refractivity contribution is 5.85. The molecule has 1 aliphatic rings. The summed E-state index contributed by atoms with van der Waals surface area (Å²) in [6, 6.07) is 13.7. The van der Waals surface area contributed by atoms with Crippen molar-refractivity contribution in [1.29, 1.82) is 0 Å². The maximum Gasteiger partial charge on any atom is 0.250 e. The van der Waals surface area contributed by atoms with E-state index in [1.807, 2.05) is 30.3 Å². The van der Waals surface area contributed by atoms with Gasteiger partial charge < -0.3 is 24.8 Å².